The number of anilines is 1. The molecule has 1 fully saturated rings. The van der Waals surface area contributed by atoms with E-state index < -0.39 is 0 Å². The lowest BCUT2D eigenvalue weighted by Crippen LogP contribution is -2.36. The van der Waals surface area contributed by atoms with Crippen LogP contribution in [0.5, 0.6) is 0 Å². The van der Waals surface area contributed by atoms with Crippen molar-refractivity contribution in [1.29, 1.82) is 0 Å². The van der Waals surface area contributed by atoms with E-state index in [1.165, 1.54) is 0 Å². The predicted molar refractivity (Wildman–Crippen MR) is 105 cm³/mol. The normalized spacial score (nSPS) is 14.1. The van der Waals surface area contributed by atoms with Crippen molar-refractivity contribution >= 4 is 11.6 Å². The standard InChI is InChI=1S/C21H22N4O3/c1-15-3-2-4-17(13-15)20-23-19(28-24-20)14-22-21(26)16-5-7-18(8-6-16)25-9-11-27-12-10-25/h2-8,13H,9-12,14H2,1H3,(H,22,26). The number of morpholine rings is 1. The fourth-order valence-corrected chi connectivity index (χ4v) is 3.13. The fraction of sp³-hybridized carbons (Fsp3) is 0.286. The van der Waals surface area contributed by atoms with Gasteiger partial charge in [0.15, 0.2) is 0 Å². The molecule has 1 aliphatic rings. The lowest BCUT2D eigenvalue weighted by Gasteiger charge is -2.28. The zero-order valence-corrected chi connectivity index (χ0v) is 15.7. The monoisotopic (exact) mass is 378 g/mol. The topological polar surface area (TPSA) is 80.5 Å². The van der Waals surface area contributed by atoms with Crippen LogP contribution in [0, 0.1) is 6.92 Å². The summed E-state index contributed by atoms with van der Waals surface area (Å²) >= 11 is 0. The molecule has 7 heteroatoms. The van der Waals surface area contributed by atoms with Crippen LogP contribution >= 0.6 is 0 Å². The minimum atomic E-state index is -0.177. The third kappa shape index (κ3) is 4.20. The van der Waals surface area contributed by atoms with Gasteiger partial charge in [0.25, 0.3) is 5.91 Å². The van der Waals surface area contributed by atoms with Crippen LogP contribution in [0.25, 0.3) is 11.4 Å². The number of amides is 1. The number of ether oxygens (including phenoxy) is 1. The van der Waals surface area contributed by atoms with Crippen LogP contribution in [0.1, 0.15) is 21.8 Å². The Labute approximate surface area is 163 Å². The smallest absolute Gasteiger partial charge is 0.251 e. The largest absolute Gasteiger partial charge is 0.378 e. The summed E-state index contributed by atoms with van der Waals surface area (Å²) in [6.07, 6.45) is 0. The van der Waals surface area contributed by atoms with E-state index in [2.05, 4.69) is 20.4 Å². The average molecular weight is 378 g/mol. The first-order valence-corrected chi connectivity index (χ1v) is 9.29. The second-order valence-electron chi connectivity index (χ2n) is 6.71. The number of hydrogen-bond acceptors (Lipinski definition) is 6. The zero-order chi connectivity index (χ0) is 19.3. The maximum Gasteiger partial charge on any atom is 0.251 e. The van der Waals surface area contributed by atoms with Crippen molar-refractivity contribution in [1.82, 2.24) is 15.5 Å². The molecule has 2 aromatic carbocycles. The molecule has 1 aromatic heterocycles. The Morgan fingerprint density at radius 3 is 2.68 bits per heavy atom. The first-order valence-electron chi connectivity index (χ1n) is 9.29. The number of benzene rings is 2. The summed E-state index contributed by atoms with van der Waals surface area (Å²) in [6, 6.07) is 15.4. The van der Waals surface area contributed by atoms with E-state index in [1.807, 2.05) is 55.5 Å². The van der Waals surface area contributed by atoms with Gasteiger partial charge in [0.2, 0.25) is 11.7 Å². The molecule has 7 nitrogen and oxygen atoms in total. The van der Waals surface area contributed by atoms with Gasteiger partial charge in [-0.25, -0.2) is 0 Å². The van der Waals surface area contributed by atoms with E-state index in [0.29, 0.717) is 17.3 Å². The molecule has 1 amide bonds. The van der Waals surface area contributed by atoms with Crippen molar-refractivity contribution < 1.29 is 14.1 Å². The Hall–Kier alpha value is -3.19. The van der Waals surface area contributed by atoms with Crippen molar-refractivity contribution in [3.63, 3.8) is 0 Å². The molecule has 0 unspecified atom stereocenters. The number of carbonyl (C=O) groups excluding carboxylic acids is 1. The molecule has 0 spiro atoms. The molecule has 1 aliphatic heterocycles. The molecule has 28 heavy (non-hydrogen) atoms. The SMILES string of the molecule is Cc1cccc(-c2noc(CNC(=O)c3ccc(N4CCOCC4)cc3)n2)c1. The molecule has 0 saturated carbocycles. The Morgan fingerprint density at radius 2 is 1.93 bits per heavy atom. The summed E-state index contributed by atoms with van der Waals surface area (Å²) in [5.41, 5.74) is 3.70. The summed E-state index contributed by atoms with van der Waals surface area (Å²) in [5.74, 6) is 0.710. The molecule has 0 bridgehead atoms. The summed E-state index contributed by atoms with van der Waals surface area (Å²) in [5, 5.41) is 6.81. The van der Waals surface area contributed by atoms with E-state index in [0.717, 1.165) is 43.1 Å². The number of carbonyl (C=O) groups is 1. The summed E-state index contributed by atoms with van der Waals surface area (Å²) < 4.78 is 10.6. The zero-order valence-electron chi connectivity index (χ0n) is 15.7. The molecular weight excluding hydrogens is 356 g/mol. The molecule has 4 rings (SSSR count). The van der Waals surface area contributed by atoms with Gasteiger partial charge in [0, 0.05) is 29.9 Å². The van der Waals surface area contributed by atoms with Crippen molar-refractivity contribution in [3.05, 3.63) is 65.5 Å². The number of nitrogens with one attached hydrogen (secondary N) is 1. The van der Waals surface area contributed by atoms with Gasteiger partial charge in [-0.05, 0) is 37.3 Å². The van der Waals surface area contributed by atoms with Gasteiger partial charge in [-0.3, -0.25) is 4.79 Å². The third-order valence-corrected chi connectivity index (χ3v) is 4.65. The molecule has 144 valence electrons. The van der Waals surface area contributed by atoms with E-state index >= 15 is 0 Å². The Kier molecular flexibility index (Phi) is 5.34. The van der Waals surface area contributed by atoms with Crippen LogP contribution in [0.2, 0.25) is 0 Å². The maximum absolute atomic E-state index is 12.4. The lowest BCUT2D eigenvalue weighted by atomic mass is 10.1. The van der Waals surface area contributed by atoms with Crippen LogP contribution in [0.4, 0.5) is 5.69 Å². The fourth-order valence-electron chi connectivity index (χ4n) is 3.13. The molecule has 0 aliphatic carbocycles. The van der Waals surface area contributed by atoms with Crippen molar-refractivity contribution in [2.75, 3.05) is 31.2 Å². The highest BCUT2D eigenvalue weighted by Crippen LogP contribution is 2.18. The maximum atomic E-state index is 12.4. The second-order valence-corrected chi connectivity index (χ2v) is 6.71. The van der Waals surface area contributed by atoms with Crippen molar-refractivity contribution in [2.45, 2.75) is 13.5 Å². The number of rotatable bonds is 5. The number of hydrogen-bond donors (Lipinski definition) is 1. The van der Waals surface area contributed by atoms with Gasteiger partial charge >= 0.3 is 0 Å². The van der Waals surface area contributed by atoms with Gasteiger partial charge < -0.3 is 19.5 Å². The first kappa shape index (κ1) is 18.2. The highest BCUT2D eigenvalue weighted by Gasteiger charge is 2.13. The second kappa shape index (κ2) is 8.22. The number of aromatic nitrogens is 2. The van der Waals surface area contributed by atoms with Gasteiger partial charge in [-0.1, -0.05) is 28.9 Å². The molecule has 0 radical (unpaired) electrons. The van der Waals surface area contributed by atoms with Crippen molar-refractivity contribution in [3.8, 4) is 11.4 Å². The first-order chi connectivity index (χ1) is 13.7. The Bertz CT molecular complexity index is 946. The minimum Gasteiger partial charge on any atom is -0.378 e. The average Bonchev–Trinajstić information content (AvgIpc) is 3.22. The minimum absolute atomic E-state index is 0.177. The van der Waals surface area contributed by atoms with Crippen LogP contribution in [0.15, 0.2) is 53.1 Å². The Balaban J connectivity index is 1.35. The molecule has 1 saturated heterocycles. The van der Waals surface area contributed by atoms with Gasteiger partial charge in [-0.2, -0.15) is 4.98 Å². The van der Waals surface area contributed by atoms with Gasteiger partial charge in [0.05, 0.1) is 19.8 Å². The molecule has 0 atom stereocenters. The van der Waals surface area contributed by atoms with Crippen LogP contribution < -0.4 is 10.2 Å². The molecular formula is C21H22N4O3. The van der Waals surface area contributed by atoms with E-state index in [1.54, 1.807) is 0 Å². The summed E-state index contributed by atoms with van der Waals surface area (Å²) in [4.78, 5) is 19.0. The van der Waals surface area contributed by atoms with E-state index in [9.17, 15) is 4.79 Å². The Morgan fingerprint density at radius 1 is 1.14 bits per heavy atom. The summed E-state index contributed by atoms with van der Waals surface area (Å²) in [7, 11) is 0. The molecule has 3 aromatic rings. The highest BCUT2D eigenvalue weighted by atomic mass is 16.5. The van der Waals surface area contributed by atoms with Crippen molar-refractivity contribution in [2.24, 2.45) is 0 Å². The van der Waals surface area contributed by atoms with Crippen LogP contribution in [-0.4, -0.2) is 42.4 Å². The number of aryl methyl sites for hydroxylation is 1. The quantitative estimate of drug-likeness (QED) is 0.735. The van der Waals surface area contributed by atoms with Crippen LogP contribution in [0.3, 0.4) is 0 Å². The highest BCUT2D eigenvalue weighted by molar-refractivity contribution is 5.94. The van der Waals surface area contributed by atoms with E-state index in [-0.39, 0.29) is 12.5 Å². The van der Waals surface area contributed by atoms with Gasteiger partial charge in [0.1, 0.15) is 0 Å². The van der Waals surface area contributed by atoms with Crippen LogP contribution in [-0.2, 0) is 11.3 Å². The van der Waals surface area contributed by atoms with Gasteiger partial charge in [-0.15, -0.1) is 0 Å². The number of nitrogens with zero attached hydrogens (tertiary/aromatic N) is 3. The molecule has 2 heterocycles. The predicted octanol–water partition coefficient (Wildman–Crippen LogP) is 2.81. The third-order valence-electron chi connectivity index (χ3n) is 4.65. The summed E-state index contributed by atoms with van der Waals surface area (Å²) in [6.45, 7) is 5.39. The lowest BCUT2D eigenvalue weighted by molar-refractivity contribution is 0.0946. The van der Waals surface area contributed by atoms with E-state index in [4.69, 9.17) is 9.26 Å². The molecule has 1 N–H and O–H groups in total.